The number of alkyl carbamates (subject to hydrolysis) is 1. The second kappa shape index (κ2) is 7.49. The van der Waals surface area contributed by atoms with Crippen LogP contribution in [0.1, 0.15) is 12.5 Å². The molecule has 0 aromatic heterocycles. The number of ether oxygens (including phenoxy) is 1. The minimum absolute atomic E-state index is 0.107. The fourth-order valence-corrected chi connectivity index (χ4v) is 1.56. The highest BCUT2D eigenvalue weighted by Gasteiger charge is 2.27. The Labute approximate surface area is 118 Å². The standard InChI is InChI=1S/C14H20N2O4/c1-10(17)12(13(18)16(2)3)15-14(19)20-9-11-7-5-4-6-8-11/h4-8,10,12,17H,9H2,1-3H3,(H,15,19)/t10-,12+/m1/s1. The van der Waals surface area contributed by atoms with E-state index in [1.807, 2.05) is 30.3 Å². The first-order valence-electron chi connectivity index (χ1n) is 6.28. The van der Waals surface area contributed by atoms with Gasteiger partial charge in [-0.05, 0) is 12.5 Å². The monoisotopic (exact) mass is 280 g/mol. The van der Waals surface area contributed by atoms with Crippen LogP contribution in [0.4, 0.5) is 4.79 Å². The molecule has 2 N–H and O–H groups in total. The van der Waals surface area contributed by atoms with E-state index in [9.17, 15) is 14.7 Å². The van der Waals surface area contributed by atoms with Crippen LogP contribution >= 0.6 is 0 Å². The summed E-state index contributed by atoms with van der Waals surface area (Å²) >= 11 is 0. The van der Waals surface area contributed by atoms with Crippen LogP contribution in [-0.2, 0) is 16.1 Å². The minimum Gasteiger partial charge on any atom is -0.445 e. The number of amides is 2. The summed E-state index contributed by atoms with van der Waals surface area (Å²) in [7, 11) is 3.10. The van der Waals surface area contributed by atoms with Gasteiger partial charge in [-0.3, -0.25) is 4.79 Å². The fraction of sp³-hybridized carbons (Fsp3) is 0.429. The Bertz CT molecular complexity index is 446. The molecule has 0 fully saturated rings. The topological polar surface area (TPSA) is 78.9 Å². The molecule has 0 aliphatic heterocycles. The Morgan fingerprint density at radius 1 is 1.30 bits per heavy atom. The maximum atomic E-state index is 11.8. The highest BCUT2D eigenvalue weighted by Crippen LogP contribution is 2.02. The number of hydrogen-bond acceptors (Lipinski definition) is 4. The number of aliphatic hydroxyl groups is 1. The van der Waals surface area contributed by atoms with Crippen molar-refractivity contribution in [1.29, 1.82) is 0 Å². The summed E-state index contributed by atoms with van der Waals surface area (Å²) in [6.45, 7) is 1.54. The molecule has 0 bridgehead atoms. The zero-order valence-electron chi connectivity index (χ0n) is 11.9. The molecule has 0 spiro atoms. The molecule has 1 aromatic rings. The van der Waals surface area contributed by atoms with Gasteiger partial charge in [-0.2, -0.15) is 0 Å². The lowest BCUT2D eigenvalue weighted by molar-refractivity contribution is -0.133. The van der Waals surface area contributed by atoms with Crippen LogP contribution in [0.25, 0.3) is 0 Å². The molecule has 1 aromatic carbocycles. The van der Waals surface area contributed by atoms with E-state index in [0.29, 0.717) is 0 Å². The van der Waals surface area contributed by atoms with Crippen molar-refractivity contribution in [2.75, 3.05) is 14.1 Å². The average Bonchev–Trinajstić information content (AvgIpc) is 2.42. The molecule has 2 atom stereocenters. The summed E-state index contributed by atoms with van der Waals surface area (Å²) < 4.78 is 5.01. The van der Waals surface area contributed by atoms with Gasteiger partial charge in [-0.15, -0.1) is 0 Å². The van der Waals surface area contributed by atoms with Crippen molar-refractivity contribution in [3.63, 3.8) is 0 Å². The number of hydrogen-bond donors (Lipinski definition) is 2. The second-order valence-electron chi connectivity index (χ2n) is 4.66. The summed E-state index contributed by atoms with van der Waals surface area (Å²) in [5.74, 6) is -0.392. The maximum absolute atomic E-state index is 11.8. The molecule has 2 amide bonds. The van der Waals surface area contributed by atoms with E-state index < -0.39 is 24.1 Å². The molecule has 0 heterocycles. The summed E-state index contributed by atoms with van der Waals surface area (Å²) in [4.78, 5) is 24.7. The van der Waals surface area contributed by atoms with Gasteiger partial charge in [-0.25, -0.2) is 4.79 Å². The van der Waals surface area contributed by atoms with Gasteiger partial charge in [0.2, 0.25) is 5.91 Å². The van der Waals surface area contributed by atoms with Crippen LogP contribution in [0, 0.1) is 0 Å². The Morgan fingerprint density at radius 2 is 1.90 bits per heavy atom. The first-order chi connectivity index (χ1) is 9.41. The van der Waals surface area contributed by atoms with Crippen molar-refractivity contribution in [3.8, 4) is 0 Å². The molecular weight excluding hydrogens is 260 g/mol. The van der Waals surface area contributed by atoms with Gasteiger partial charge in [0.25, 0.3) is 0 Å². The van der Waals surface area contributed by atoms with Crippen molar-refractivity contribution in [3.05, 3.63) is 35.9 Å². The van der Waals surface area contributed by atoms with E-state index in [4.69, 9.17) is 4.74 Å². The Morgan fingerprint density at radius 3 is 2.40 bits per heavy atom. The lowest BCUT2D eigenvalue weighted by Gasteiger charge is -2.23. The fourth-order valence-electron chi connectivity index (χ4n) is 1.56. The molecule has 0 unspecified atom stereocenters. The Kier molecular flexibility index (Phi) is 5.99. The highest BCUT2D eigenvalue weighted by molar-refractivity contribution is 5.85. The molecule has 1 rings (SSSR count). The zero-order chi connectivity index (χ0) is 15.1. The van der Waals surface area contributed by atoms with Crippen LogP contribution in [-0.4, -0.2) is 48.2 Å². The normalized spacial score (nSPS) is 13.2. The molecule has 0 saturated carbocycles. The Hall–Kier alpha value is -2.08. The van der Waals surface area contributed by atoms with E-state index in [0.717, 1.165) is 5.56 Å². The molecule has 0 aliphatic carbocycles. The van der Waals surface area contributed by atoms with E-state index in [1.54, 1.807) is 14.1 Å². The van der Waals surface area contributed by atoms with Crippen molar-refractivity contribution in [2.45, 2.75) is 25.7 Å². The van der Waals surface area contributed by atoms with Crippen LogP contribution in [0.15, 0.2) is 30.3 Å². The lowest BCUT2D eigenvalue weighted by atomic mass is 10.1. The van der Waals surface area contributed by atoms with E-state index in [-0.39, 0.29) is 6.61 Å². The zero-order valence-corrected chi connectivity index (χ0v) is 11.9. The number of rotatable bonds is 5. The third-order valence-electron chi connectivity index (χ3n) is 2.68. The summed E-state index contributed by atoms with van der Waals surface area (Å²) in [5, 5.41) is 11.9. The molecule has 0 saturated heterocycles. The number of aliphatic hydroxyl groups excluding tert-OH is 1. The predicted molar refractivity (Wildman–Crippen MR) is 73.9 cm³/mol. The number of likely N-dealkylation sites (N-methyl/N-ethyl adjacent to an activating group) is 1. The number of carbonyl (C=O) groups is 2. The Balaban J connectivity index is 2.52. The highest BCUT2D eigenvalue weighted by atomic mass is 16.5. The van der Waals surface area contributed by atoms with Crippen LogP contribution in [0.3, 0.4) is 0 Å². The SMILES string of the molecule is C[C@@H](O)[C@H](NC(=O)OCc1ccccc1)C(=O)N(C)C. The van der Waals surface area contributed by atoms with Gasteiger partial charge in [0, 0.05) is 14.1 Å². The van der Waals surface area contributed by atoms with Crippen LogP contribution in [0.2, 0.25) is 0 Å². The van der Waals surface area contributed by atoms with E-state index in [2.05, 4.69) is 5.32 Å². The molecule has 0 radical (unpaired) electrons. The summed E-state index contributed by atoms with van der Waals surface area (Å²) in [6.07, 6.45) is -1.75. The third kappa shape index (κ3) is 4.89. The average molecular weight is 280 g/mol. The van der Waals surface area contributed by atoms with E-state index >= 15 is 0 Å². The first-order valence-corrected chi connectivity index (χ1v) is 6.28. The number of carbonyl (C=O) groups excluding carboxylic acids is 2. The number of benzene rings is 1. The number of nitrogens with one attached hydrogen (secondary N) is 1. The first kappa shape index (κ1) is 16.0. The molecule has 6 nitrogen and oxygen atoms in total. The largest absolute Gasteiger partial charge is 0.445 e. The maximum Gasteiger partial charge on any atom is 0.408 e. The smallest absolute Gasteiger partial charge is 0.408 e. The quantitative estimate of drug-likeness (QED) is 0.834. The van der Waals surface area contributed by atoms with Gasteiger partial charge < -0.3 is 20.1 Å². The molecule has 20 heavy (non-hydrogen) atoms. The van der Waals surface area contributed by atoms with Gasteiger partial charge in [0.15, 0.2) is 0 Å². The third-order valence-corrected chi connectivity index (χ3v) is 2.68. The lowest BCUT2D eigenvalue weighted by Crippen LogP contribution is -2.52. The van der Waals surface area contributed by atoms with Crippen molar-refractivity contribution < 1.29 is 19.4 Å². The molecular formula is C14H20N2O4. The van der Waals surface area contributed by atoms with Crippen molar-refractivity contribution in [2.24, 2.45) is 0 Å². The van der Waals surface area contributed by atoms with Crippen LogP contribution < -0.4 is 5.32 Å². The molecule has 6 heteroatoms. The van der Waals surface area contributed by atoms with Crippen molar-refractivity contribution in [1.82, 2.24) is 10.2 Å². The second-order valence-corrected chi connectivity index (χ2v) is 4.66. The van der Waals surface area contributed by atoms with Gasteiger partial charge in [0.05, 0.1) is 6.10 Å². The summed E-state index contributed by atoms with van der Waals surface area (Å²) in [5.41, 5.74) is 0.843. The van der Waals surface area contributed by atoms with Crippen LogP contribution in [0.5, 0.6) is 0 Å². The van der Waals surface area contributed by atoms with Gasteiger partial charge in [-0.1, -0.05) is 30.3 Å². The summed E-state index contributed by atoms with van der Waals surface area (Å²) in [6, 6.07) is 8.17. The molecule has 0 aliphatic rings. The van der Waals surface area contributed by atoms with Gasteiger partial charge >= 0.3 is 6.09 Å². The van der Waals surface area contributed by atoms with E-state index in [1.165, 1.54) is 11.8 Å². The predicted octanol–water partition coefficient (Wildman–Crippen LogP) is 0.750. The number of nitrogens with zero attached hydrogens (tertiary/aromatic N) is 1. The molecule has 110 valence electrons. The van der Waals surface area contributed by atoms with Gasteiger partial charge in [0.1, 0.15) is 12.6 Å². The van der Waals surface area contributed by atoms with Crippen molar-refractivity contribution >= 4 is 12.0 Å². The minimum atomic E-state index is -1.02.